The lowest BCUT2D eigenvalue weighted by atomic mass is 9.90. The highest BCUT2D eigenvalue weighted by Crippen LogP contribution is 2.20. The molecule has 0 aromatic heterocycles. The fraction of sp³-hybridized carbons (Fsp3) is 0.533. The number of hydrogen-bond donors (Lipinski definition) is 2. The van der Waals surface area contributed by atoms with Gasteiger partial charge >= 0.3 is 0 Å². The number of carbonyl (C=O) groups excluding carboxylic acids is 1. The highest BCUT2D eigenvalue weighted by atomic mass is 16.5. The predicted molar refractivity (Wildman–Crippen MR) is 74.7 cm³/mol. The second-order valence-corrected chi connectivity index (χ2v) is 5.37. The molecule has 2 rings (SSSR count). The topological polar surface area (TPSA) is 64.4 Å². The predicted octanol–water partition coefficient (Wildman–Crippen LogP) is 1.68. The lowest BCUT2D eigenvalue weighted by Gasteiger charge is -2.33. The molecule has 4 nitrogen and oxygen atoms in total. The Hall–Kier alpha value is -1.39. The second-order valence-electron chi connectivity index (χ2n) is 5.37. The van der Waals surface area contributed by atoms with E-state index in [1.165, 1.54) is 5.56 Å². The average molecular weight is 262 g/mol. The van der Waals surface area contributed by atoms with Gasteiger partial charge in [0.2, 0.25) is 5.91 Å². The van der Waals surface area contributed by atoms with Crippen molar-refractivity contribution in [3.63, 3.8) is 0 Å². The minimum absolute atomic E-state index is 0.0311. The van der Waals surface area contributed by atoms with E-state index in [9.17, 15) is 4.79 Å². The zero-order valence-corrected chi connectivity index (χ0v) is 11.6. The number of aryl methyl sites for hydroxylation is 1. The van der Waals surface area contributed by atoms with Crippen LogP contribution in [-0.4, -0.2) is 24.7 Å². The van der Waals surface area contributed by atoms with Crippen molar-refractivity contribution in [3.05, 3.63) is 35.4 Å². The zero-order chi connectivity index (χ0) is 13.9. The molecule has 1 heterocycles. The highest BCUT2D eigenvalue weighted by Gasteiger charge is 2.36. The van der Waals surface area contributed by atoms with Gasteiger partial charge in [0.25, 0.3) is 0 Å². The third-order valence-corrected chi connectivity index (χ3v) is 3.76. The molecule has 0 radical (unpaired) electrons. The molecule has 1 aliphatic rings. The van der Waals surface area contributed by atoms with E-state index in [1.54, 1.807) is 0 Å². The number of nitrogens with two attached hydrogens (primary N) is 1. The summed E-state index contributed by atoms with van der Waals surface area (Å²) in [6, 6.07) is 8.13. The molecule has 19 heavy (non-hydrogen) atoms. The van der Waals surface area contributed by atoms with Gasteiger partial charge in [0.15, 0.2) is 0 Å². The summed E-state index contributed by atoms with van der Waals surface area (Å²) in [7, 11) is 0. The third kappa shape index (κ3) is 3.33. The van der Waals surface area contributed by atoms with E-state index in [0.29, 0.717) is 26.1 Å². The molecule has 4 heteroatoms. The number of amides is 1. The van der Waals surface area contributed by atoms with Gasteiger partial charge in [-0.15, -0.1) is 0 Å². The molecule has 1 saturated heterocycles. The molecule has 1 atom stereocenters. The Kier molecular flexibility index (Phi) is 4.22. The van der Waals surface area contributed by atoms with Crippen LogP contribution in [0.1, 0.15) is 36.9 Å². The molecule has 1 aromatic carbocycles. The minimum Gasteiger partial charge on any atom is -0.381 e. The van der Waals surface area contributed by atoms with Crippen LogP contribution < -0.4 is 11.1 Å². The van der Waals surface area contributed by atoms with Crippen molar-refractivity contribution in [1.29, 1.82) is 0 Å². The molecule has 1 aliphatic heterocycles. The van der Waals surface area contributed by atoms with E-state index in [4.69, 9.17) is 10.5 Å². The minimum atomic E-state index is -0.781. The molecule has 0 spiro atoms. The first-order chi connectivity index (χ1) is 9.01. The number of rotatable bonds is 3. The van der Waals surface area contributed by atoms with Crippen molar-refractivity contribution in [3.8, 4) is 0 Å². The first-order valence-electron chi connectivity index (χ1n) is 6.75. The van der Waals surface area contributed by atoms with Crippen molar-refractivity contribution in [2.45, 2.75) is 38.3 Å². The van der Waals surface area contributed by atoms with Crippen LogP contribution in [0.3, 0.4) is 0 Å². The quantitative estimate of drug-likeness (QED) is 0.871. The van der Waals surface area contributed by atoms with Crippen molar-refractivity contribution in [1.82, 2.24) is 5.32 Å². The standard InChI is InChI=1S/C15H22N2O2/c1-11-3-5-13(6-4-11)12(2)17-14(18)15(16)7-9-19-10-8-15/h3-6,12H,7-10,16H2,1-2H3,(H,17,18). The highest BCUT2D eigenvalue weighted by molar-refractivity contribution is 5.86. The maximum Gasteiger partial charge on any atom is 0.240 e. The third-order valence-electron chi connectivity index (χ3n) is 3.76. The molecular formula is C15H22N2O2. The molecule has 1 unspecified atom stereocenters. The van der Waals surface area contributed by atoms with Crippen LogP contribution in [-0.2, 0) is 9.53 Å². The number of hydrogen-bond acceptors (Lipinski definition) is 3. The van der Waals surface area contributed by atoms with Gasteiger partial charge in [-0.1, -0.05) is 29.8 Å². The zero-order valence-electron chi connectivity index (χ0n) is 11.6. The largest absolute Gasteiger partial charge is 0.381 e. The molecule has 0 saturated carbocycles. The van der Waals surface area contributed by atoms with Gasteiger partial charge in [0.1, 0.15) is 0 Å². The van der Waals surface area contributed by atoms with Crippen LogP contribution in [0.4, 0.5) is 0 Å². The Morgan fingerprint density at radius 2 is 1.89 bits per heavy atom. The Morgan fingerprint density at radius 3 is 2.47 bits per heavy atom. The molecule has 0 aliphatic carbocycles. The van der Waals surface area contributed by atoms with Crippen molar-refractivity contribution < 1.29 is 9.53 Å². The van der Waals surface area contributed by atoms with Gasteiger partial charge in [0, 0.05) is 13.2 Å². The SMILES string of the molecule is Cc1ccc(C(C)NC(=O)C2(N)CCOCC2)cc1. The van der Waals surface area contributed by atoms with E-state index in [-0.39, 0.29) is 11.9 Å². The molecule has 0 bridgehead atoms. The average Bonchev–Trinajstić information content (AvgIpc) is 2.40. The van der Waals surface area contributed by atoms with Gasteiger partial charge < -0.3 is 15.8 Å². The maximum absolute atomic E-state index is 12.3. The molecule has 3 N–H and O–H groups in total. The van der Waals surface area contributed by atoms with Crippen LogP contribution in [0.15, 0.2) is 24.3 Å². The summed E-state index contributed by atoms with van der Waals surface area (Å²) in [5.41, 5.74) is 7.68. The van der Waals surface area contributed by atoms with E-state index in [2.05, 4.69) is 5.32 Å². The van der Waals surface area contributed by atoms with Crippen LogP contribution in [0.2, 0.25) is 0 Å². The fourth-order valence-corrected chi connectivity index (χ4v) is 2.24. The van der Waals surface area contributed by atoms with Gasteiger partial charge in [-0.3, -0.25) is 4.79 Å². The summed E-state index contributed by atoms with van der Waals surface area (Å²) in [6.45, 7) is 5.14. The molecule has 1 aromatic rings. The maximum atomic E-state index is 12.3. The summed E-state index contributed by atoms with van der Waals surface area (Å²) in [4.78, 5) is 12.3. The van der Waals surface area contributed by atoms with Gasteiger partial charge in [-0.25, -0.2) is 0 Å². The van der Waals surface area contributed by atoms with Gasteiger partial charge in [-0.05, 0) is 32.3 Å². The van der Waals surface area contributed by atoms with Crippen molar-refractivity contribution >= 4 is 5.91 Å². The first-order valence-corrected chi connectivity index (χ1v) is 6.75. The number of nitrogens with one attached hydrogen (secondary N) is 1. The number of benzene rings is 1. The van der Waals surface area contributed by atoms with E-state index >= 15 is 0 Å². The fourth-order valence-electron chi connectivity index (χ4n) is 2.24. The summed E-state index contributed by atoms with van der Waals surface area (Å²) in [5, 5.41) is 3.01. The molecular weight excluding hydrogens is 240 g/mol. The van der Waals surface area contributed by atoms with Crippen LogP contribution in [0.5, 0.6) is 0 Å². The Balaban J connectivity index is 2.00. The summed E-state index contributed by atoms with van der Waals surface area (Å²) >= 11 is 0. The van der Waals surface area contributed by atoms with E-state index < -0.39 is 5.54 Å². The smallest absolute Gasteiger partial charge is 0.240 e. The molecule has 104 valence electrons. The lowest BCUT2D eigenvalue weighted by Crippen LogP contribution is -2.57. The normalized spacial score (nSPS) is 19.7. The lowest BCUT2D eigenvalue weighted by molar-refractivity contribution is -0.130. The van der Waals surface area contributed by atoms with E-state index in [1.807, 2.05) is 38.1 Å². The summed E-state index contributed by atoms with van der Waals surface area (Å²) in [5.74, 6) is -0.0797. The summed E-state index contributed by atoms with van der Waals surface area (Å²) < 4.78 is 5.26. The Morgan fingerprint density at radius 1 is 1.32 bits per heavy atom. The van der Waals surface area contributed by atoms with Gasteiger partial charge in [-0.2, -0.15) is 0 Å². The molecule has 1 fully saturated rings. The van der Waals surface area contributed by atoms with Crippen LogP contribution >= 0.6 is 0 Å². The first kappa shape index (κ1) is 14.0. The molecule has 1 amide bonds. The van der Waals surface area contributed by atoms with Crippen LogP contribution in [0.25, 0.3) is 0 Å². The van der Waals surface area contributed by atoms with Crippen molar-refractivity contribution in [2.75, 3.05) is 13.2 Å². The van der Waals surface area contributed by atoms with Crippen LogP contribution in [0, 0.1) is 6.92 Å². The Bertz CT molecular complexity index is 436. The van der Waals surface area contributed by atoms with E-state index in [0.717, 1.165) is 5.56 Å². The number of carbonyl (C=O) groups is 1. The summed E-state index contributed by atoms with van der Waals surface area (Å²) in [6.07, 6.45) is 1.17. The number of ether oxygens (including phenoxy) is 1. The van der Waals surface area contributed by atoms with Gasteiger partial charge in [0.05, 0.1) is 11.6 Å². The second kappa shape index (κ2) is 5.72. The van der Waals surface area contributed by atoms with Crippen molar-refractivity contribution in [2.24, 2.45) is 5.73 Å². The monoisotopic (exact) mass is 262 g/mol. The Labute approximate surface area is 114 Å².